The SMILES string of the molecule is CCOC(=O)C1=C(c2ccccc2)C2(C(=O)C1=P(c1ccccc1)(c1ccccc1)c1ccccc1)C(=O)c1ccccc1C2=O. The molecule has 0 saturated carbocycles. The van der Waals surface area contributed by atoms with Crippen molar-refractivity contribution < 1.29 is 23.9 Å². The molecule has 0 heterocycles. The van der Waals surface area contributed by atoms with Crippen LogP contribution in [0.5, 0.6) is 0 Å². The van der Waals surface area contributed by atoms with Crippen molar-refractivity contribution in [3.05, 3.63) is 168 Å². The van der Waals surface area contributed by atoms with Crippen molar-refractivity contribution in [1.29, 1.82) is 0 Å². The van der Waals surface area contributed by atoms with E-state index in [4.69, 9.17) is 4.74 Å². The molecule has 5 nitrogen and oxygen atoms in total. The molecule has 0 fully saturated rings. The van der Waals surface area contributed by atoms with Gasteiger partial charge in [-0.05, 0) is 35.3 Å². The lowest BCUT2D eigenvalue weighted by molar-refractivity contribution is -0.137. The first-order valence-electron chi connectivity index (χ1n) is 15.1. The van der Waals surface area contributed by atoms with Crippen LogP contribution in [0.2, 0.25) is 0 Å². The maximum Gasteiger partial charge on any atom is 0.339 e. The van der Waals surface area contributed by atoms with Crippen LogP contribution in [0.3, 0.4) is 0 Å². The summed E-state index contributed by atoms with van der Waals surface area (Å²) in [4.78, 5) is 59.9. The largest absolute Gasteiger partial charge is 0.462 e. The number of fused-ring (bicyclic) bond motifs is 1. The fraction of sp³-hybridized carbons (Fsp3) is 0.0750. The fourth-order valence-corrected chi connectivity index (χ4v) is 11.5. The third kappa shape index (κ3) is 4.02. The van der Waals surface area contributed by atoms with Gasteiger partial charge in [0.25, 0.3) is 0 Å². The minimum absolute atomic E-state index is 0.0163. The van der Waals surface area contributed by atoms with Crippen LogP contribution in [0.4, 0.5) is 0 Å². The van der Waals surface area contributed by atoms with E-state index in [0.717, 1.165) is 15.9 Å². The number of ether oxygens (including phenoxy) is 1. The molecule has 0 saturated heterocycles. The van der Waals surface area contributed by atoms with Crippen LogP contribution >= 0.6 is 6.89 Å². The quantitative estimate of drug-likeness (QED) is 0.136. The number of hydrogen-bond acceptors (Lipinski definition) is 5. The lowest BCUT2D eigenvalue weighted by Gasteiger charge is -2.32. The lowest BCUT2D eigenvalue weighted by Crippen LogP contribution is -2.44. The third-order valence-electron chi connectivity index (χ3n) is 8.82. The highest BCUT2D eigenvalue weighted by molar-refractivity contribution is 7.97. The van der Waals surface area contributed by atoms with Gasteiger partial charge in [-0.15, -0.1) is 0 Å². The zero-order valence-corrected chi connectivity index (χ0v) is 25.9. The maximum absolute atomic E-state index is 15.8. The van der Waals surface area contributed by atoms with Crippen molar-refractivity contribution in [2.24, 2.45) is 5.41 Å². The van der Waals surface area contributed by atoms with Gasteiger partial charge in [0.1, 0.15) is 0 Å². The second-order valence-electron chi connectivity index (χ2n) is 11.1. The average molecular weight is 621 g/mol. The van der Waals surface area contributed by atoms with Gasteiger partial charge < -0.3 is 4.74 Å². The van der Waals surface area contributed by atoms with E-state index in [9.17, 15) is 14.4 Å². The smallest absolute Gasteiger partial charge is 0.339 e. The molecule has 0 aliphatic heterocycles. The molecular weight excluding hydrogens is 591 g/mol. The van der Waals surface area contributed by atoms with E-state index in [-0.39, 0.29) is 34.2 Å². The Hall–Kier alpha value is -5.38. The number of allylic oxidation sites excluding steroid dienone is 1. The fourth-order valence-electron chi connectivity index (χ4n) is 7.01. The molecule has 2 aliphatic rings. The van der Waals surface area contributed by atoms with Crippen LogP contribution < -0.4 is 15.9 Å². The Morgan fingerprint density at radius 3 is 1.37 bits per heavy atom. The van der Waals surface area contributed by atoms with Crippen LogP contribution in [-0.4, -0.2) is 35.2 Å². The van der Waals surface area contributed by atoms with Gasteiger partial charge in [-0.25, -0.2) is 4.79 Å². The summed E-state index contributed by atoms with van der Waals surface area (Å²) in [7, 11) is 0. The number of rotatable bonds is 6. The highest BCUT2D eigenvalue weighted by atomic mass is 31.2. The van der Waals surface area contributed by atoms with Crippen molar-refractivity contribution in [3.63, 3.8) is 0 Å². The number of carbonyl (C=O) groups is 4. The van der Waals surface area contributed by atoms with Crippen LogP contribution in [0, 0.1) is 5.41 Å². The second kappa shape index (κ2) is 11.5. The molecule has 0 N–H and O–H groups in total. The Morgan fingerprint density at radius 2 is 0.957 bits per heavy atom. The molecule has 0 aromatic heterocycles. The first kappa shape index (κ1) is 29.3. The summed E-state index contributed by atoms with van der Waals surface area (Å²) >= 11 is 0. The number of Topliss-reactive ketones (excluding diaryl/α,β-unsaturated/α-hetero) is 3. The molecule has 0 amide bonds. The van der Waals surface area contributed by atoms with E-state index >= 15 is 4.79 Å². The Labute approximate surface area is 267 Å². The summed E-state index contributed by atoms with van der Waals surface area (Å²) in [6.07, 6.45) is 0. The molecule has 7 rings (SSSR count). The maximum atomic E-state index is 15.8. The molecule has 5 aromatic rings. The van der Waals surface area contributed by atoms with Crippen LogP contribution in [0.1, 0.15) is 33.2 Å². The molecule has 5 aromatic carbocycles. The zero-order chi connectivity index (χ0) is 31.9. The normalized spacial score (nSPS) is 15.4. The predicted molar refractivity (Wildman–Crippen MR) is 183 cm³/mol. The summed E-state index contributed by atoms with van der Waals surface area (Å²) in [6.45, 7) is -1.54. The van der Waals surface area contributed by atoms with Crippen LogP contribution in [0.25, 0.3) is 5.57 Å². The molecule has 2 aliphatic carbocycles. The van der Waals surface area contributed by atoms with Gasteiger partial charge in [-0.1, -0.05) is 146 Å². The van der Waals surface area contributed by atoms with E-state index < -0.39 is 35.6 Å². The summed E-state index contributed by atoms with van der Waals surface area (Å²) in [5, 5.41) is 2.55. The van der Waals surface area contributed by atoms with Crippen molar-refractivity contribution in [2.45, 2.75) is 6.92 Å². The summed E-state index contributed by atoms with van der Waals surface area (Å²) in [5.41, 5.74) is -1.44. The number of ketones is 3. The van der Waals surface area contributed by atoms with Gasteiger partial charge in [0.15, 0.2) is 22.8 Å². The van der Waals surface area contributed by atoms with Crippen LogP contribution in [0.15, 0.2) is 151 Å². The number of esters is 1. The zero-order valence-electron chi connectivity index (χ0n) is 25.1. The highest BCUT2D eigenvalue weighted by Gasteiger charge is 2.67. The van der Waals surface area contributed by atoms with Gasteiger partial charge >= 0.3 is 5.97 Å². The summed E-state index contributed by atoms with van der Waals surface area (Å²) in [5.74, 6) is -2.67. The van der Waals surface area contributed by atoms with E-state index in [1.54, 1.807) is 55.5 Å². The van der Waals surface area contributed by atoms with E-state index in [1.807, 2.05) is 97.1 Å². The third-order valence-corrected chi connectivity index (χ3v) is 13.1. The molecule has 1 spiro atoms. The molecule has 46 heavy (non-hydrogen) atoms. The van der Waals surface area contributed by atoms with Crippen LogP contribution in [-0.2, 0) is 14.3 Å². The second-order valence-corrected chi connectivity index (χ2v) is 14.5. The van der Waals surface area contributed by atoms with E-state index in [0.29, 0.717) is 5.56 Å². The molecule has 6 heteroatoms. The Kier molecular flexibility index (Phi) is 7.35. The van der Waals surface area contributed by atoms with Crippen molar-refractivity contribution in [2.75, 3.05) is 6.61 Å². The summed E-state index contributed by atoms with van der Waals surface area (Å²) in [6, 6.07) is 44.2. The average Bonchev–Trinajstić information content (AvgIpc) is 3.51. The number of benzene rings is 5. The van der Waals surface area contributed by atoms with E-state index in [1.165, 1.54) is 0 Å². The lowest BCUT2D eigenvalue weighted by atomic mass is 9.73. The minimum atomic E-state index is -3.27. The molecule has 0 bridgehead atoms. The van der Waals surface area contributed by atoms with Crippen molar-refractivity contribution in [1.82, 2.24) is 0 Å². The predicted octanol–water partition coefficient (Wildman–Crippen LogP) is 5.82. The van der Waals surface area contributed by atoms with Gasteiger partial charge in [0, 0.05) is 22.0 Å². The van der Waals surface area contributed by atoms with Gasteiger partial charge in [-0.2, -0.15) is 0 Å². The highest BCUT2D eigenvalue weighted by Crippen LogP contribution is 2.59. The Balaban J connectivity index is 1.79. The first-order valence-corrected chi connectivity index (χ1v) is 16.9. The first-order chi connectivity index (χ1) is 22.5. The molecule has 0 radical (unpaired) electrons. The molecule has 0 atom stereocenters. The molecule has 0 unspecified atom stereocenters. The van der Waals surface area contributed by atoms with E-state index in [2.05, 4.69) is 0 Å². The van der Waals surface area contributed by atoms with Crippen molar-refractivity contribution >= 4 is 57.0 Å². The van der Waals surface area contributed by atoms with Gasteiger partial charge in [-0.3, -0.25) is 14.4 Å². The molecule has 224 valence electrons. The Morgan fingerprint density at radius 1 is 0.565 bits per heavy atom. The van der Waals surface area contributed by atoms with Gasteiger partial charge in [0.05, 0.1) is 12.2 Å². The standard InChI is InChI=1S/C40H29O5P/c1-2-45-39(44)33-34(27-17-7-3-8-18-27)40(36(41)31-25-15-16-26-32(31)37(40)42)38(43)35(33)46(28-19-9-4-10-20-28,29-21-11-5-12-22-29)30-23-13-6-14-24-30/h3-26H,2H2,1H3. The number of carbonyl (C=O) groups excluding carboxylic acids is 4. The number of hydrogen-bond donors (Lipinski definition) is 0. The minimum Gasteiger partial charge on any atom is -0.462 e. The molecular formula is C40H29O5P. The summed E-state index contributed by atoms with van der Waals surface area (Å²) < 4.78 is 5.73. The Bertz CT molecular complexity index is 1980. The van der Waals surface area contributed by atoms with Crippen molar-refractivity contribution in [3.8, 4) is 0 Å². The van der Waals surface area contributed by atoms with Gasteiger partial charge in [0.2, 0.25) is 0 Å². The monoisotopic (exact) mass is 620 g/mol. The topological polar surface area (TPSA) is 77.5 Å².